The standard InChI is InChI=1S/C12H14N2O3S/c15-11-5-10-9(1-3-13(10)6-12(16)17)14(11)8-2-4-18-7-8/h2,4,7,9-10H,1,3,5-6H2,(H,16,17)/t9-,10+/m1/s1. The molecule has 1 aromatic rings. The molecular weight excluding hydrogens is 252 g/mol. The Hall–Kier alpha value is -1.40. The van der Waals surface area contributed by atoms with Crippen LogP contribution in [0.5, 0.6) is 0 Å². The molecule has 0 aliphatic carbocycles. The number of carboxylic acids is 1. The molecule has 0 radical (unpaired) electrons. The summed E-state index contributed by atoms with van der Waals surface area (Å²) in [5, 5.41) is 12.8. The maximum absolute atomic E-state index is 12.1. The van der Waals surface area contributed by atoms with Crippen molar-refractivity contribution < 1.29 is 14.7 Å². The van der Waals surface area contributed by atoms with E-state index in [1.807, 2.05) is 26.6 Å². The molecule has 2 atom stereocenters. The monoisotopic (exact) mass is 266 g/mol. The summed E-state index contributed by atoms with van der Waals surface area (Å²) in [6.45, 7) is 0.793. The Kier molecular flexibility index (Phi) is 2.83. The lowest BCUT2D eigenvalue weighted by Gasteiger charge is -2.23. The van der Waals surface area contributed by atoms with Crippen LogP contribution >= 0.6 is 11.3 Å². The van der Waals surface area contributed by atoms with Crippen molar-refractivity contribution in [1.29, 1.82) is 0 Å². The fourth-order valence-electron chi connectivity index (χ4n) is 3.03. The number of anilines is 1. The molecule has 96 valence electrons. The lowest BCUT2D eigenvalue weighted by Crippen LogP contribution is -2.39. The third-order valence-corrected chi connectivity index (χ3v) is 4.40. The van der Waals surface area contributed by atoms with E-state index < -0.39 is 5.97 Å². The largest absolute Gasteiger partial charge is 0.480 e. The van der Waals surface area contributed by atoms with Crippen LogP contribution in [0.25, 0.3) is 0 Å². The molecule has 5 nitrogen and oxygen atoms in total. The third kappa shape index (κ3) is 1.81. The van der Waals surface area contributed by atoms with Crippen LogP contribution in [0.15, 0.2) is 16.8 Å². The van der Waals surface area contributed by atoms with Crippen LogP contribution in [0.1, 0.15) is 12.8 Å². The van der Waals surface area contributed by atoms with Gasteiger partial charge < -0.3 is 10.0 Å². The van der Waals surface area contributed by atoms with Crippen LogP contribution in [0, 0.1) is 0 Å². The highest BCUT2D eigenvalue weighted by molar-refractivity contribution is 7.08. The highest BCUT2D eigenvalue weighted by atomic mass is 32.1. The normalized spacial score (nSPS) is 27.8. The second-order valence-electron chi connectivity index (χ2n) is 4.74. The molecule has 1 N–H and O–H groups in total. The van der Waals surface area contributed by atoms with Crippen LogP contribution < -0.4 is 4.90 Å². The van der Waals surface area contributed by atoms with Crippen molar-refractivity contribution in [3.05, 3.63) is 16.8 Å². The number of rotatable bonds is 3. The molecule has 0 bridgehead atoms. The highest BCUT2D eigenvalue weighted by Crippen LogP contribution is 2.36. The van der Waals surface area contributed by atoms with Crippen LogP contribution in [0.3, 0.4) is 0 Å². The Bertz CT molecular complexity index is 474. The van der Waals surface area contributed by atoms with E-state index >= 15 is 0 Å². The summed E-state index contributed by atoms with van der Waals surface area (Å²) in [6, 6.07) is 2.16. The molecule has 0 spiro atoms. The molecule has 2 aliphatic heterocycles. The molecule has 6 heteroatoms. The van der Waals surface area contributed by atoms with Crippen LogP contribution in [0.4, 0.5) is 5.69 Å². The minimum absolute atomic E-state index is 0.0337. The number of nitrogens with zero attached hydrogens (tertiary/aromatic N) is 2. The first kappa shape index (κ1) is 11.7. The van der Waals surface area contributed by atoms with E-state index in [0.29, 0.717) is 6.42 Å². The van der Waals surface area contributed by atoms with Crippen molar-refractivity contribution in [1.82, 2.24) is 4.90 Å². The lowest BCUT2D eigenvalue weighted by molar-refractivity contribution is -0.138. The van der Waals surface area contributed by atoms with Gasteiger partial charge in [0.1, 0.15) is 0 Å². The second kappa shape index (κ2) is 4.37. The van der Waals surface area contributed by atoms with Gasteiger partial charge in [-0.2, -0.15) is 11.3 Å². The van der Waals surface area contributed by atoms with Crippen LogP contribution in [-0.4, -0.2) is 47.1 Å². The summed E-state index contributed by atoms with van der Waals surface area (Å²) in [7, 11) is 0. The highest BCUT2D eigenvalue weighted by Gasteiger charge is 2.47. The molecule has 0 unspecified atom stereocenters. The number of carboxylic acid groups (broad SMARTS) is 1. The zero-order chi connectivity index (χ0) is 12.7. The number of amides is 1. The average Bonchev–Trinajstić information content (AvgIpc) is 2.96. The van der Waals surface area contributed by atoms with Crippen molar-refractivity contribution in [3.8, 4) is 0 Å². The third-order valence-electron chi connectivity index (χ3n) is 3.73. The Morgan fingerprint density at radius 3 is 3.00 bits per heavy atom. The van der Waals surface area contributed by atoms with Crippen LogP contribution in [0.2, 0.25) is 0 Å². The fraction of sp³-hybridized carbons (Fsp3) is 0.500. The minimum Gasteiger partial charge on any atom is -0.480 e. The lowest BCUT2D eigenvalue weighted by atomic mass is 10.1. The van der Waals surface area contributed by atoms with Gasteiger partial charge in [0.25, 0.3) is 0 Å². The predicted octanol–water partition coefficient (Wildman–Crippen LogP) is 1.01. The van der Waals surface area contributed by atoms with Gasteiger partial charge in [0.15, 0.2) is 0 Å². The summed E-state index contributed by atoms with van der Waals surface area (Å²) in [6.07, 6.45) is 1.30. The quantitative estimate of drug-likeness (QED) is 0.887. The molecule has 18 heavy (non-hydrogen) atoms. The number of likely N-dealkylation sites (tertiary alicyclic amines) is 1. The Morgan fingerprint density at radius 1 is 1.50 bits per heavy atom. The van der Waals surface area contributed by atoms with Crippen molar-refractivity contribution in [2.24, 2.45) is 0 Å². The Balaban J connectivity index is 1.81. The Morgan fingerprint density at radius 2 is 2.33 bits per heavy atom. The molecule has 3 rings (SSSR count). The molecule has 2 saturated heterocycles. The van der Waals surface area contributed by atoms with E-state index in [1.165, 1.54) is 0 Å². The van der Waals surface area contributed by atoms with Gasteiger partial charge in [0.2, 0.25) is 5.91 Å². The summed E-state index contributed by atoms with van der Waals surface area (Å²) >= 11 is 1.57. The summed E-state index contributed by atoms with van der Waals surface area (Å²) in [5.41, 5.74) is 0.953. The molecular formula is C12H14N2O3S. The van der Waals surface area contributed by atoms with E-state index in [0.717, 1.165) is 18.7 Å². The van der Waals surface area contributed by atoms with E-state index in [4.69, 9.17) is 5.11 Å². The SMILES string of the molecule is O=C(O)CN1CC[C@@H]2[C@@H]1CC(=O)N2c1ccsc1. The molecule has 0 aromatic carbocycles. The minimum atomic E-state index is -0.822. The van der Waals surface area contributed by atoms with Crippen molar-refractivity contribution in [3.63, 3.8) is 0 Å². The van der Waals surface area contributed by atoms with Gasteiger partial charge in [0, 0.05) is 24.4 Å². The van der Waals surface area contributed by atoms with Gasteiger partial charge in [-0.1, -0.05) is 0 Å². The maximum atomic E-state index is 12.1. The zero-order valence-electron chi connectivity index (χ0n) is 9.78. The number of fused-ring (bicyclic) bond motifs is 1. The smallest absolute Gasteiger partial charge is 0.317 e. The maximum Gasteiger partial charge on any atom is 0.317 e. The first-order valence-electron chi connectivity index (χ1n) is 5.97. The van der Waals surface area contributed by atoms with Crippen molar-refractivity contribution >= 4 is 28.9 Å². The zero-order valence-corrected chi connectivity index (χ0v) is 10.6. The van der Waals surface area contributed by atoms with Crippen molar-refractivity contribution in [2.75, 3.05) is 18.0 Å². The molecule has 3 heterocycles. The van der Waals surface area contributed by atoms with Gasteiger partial charge in [-0.15, -0.1) is 0 Å². The average molecular weight is 266 g/mol. The fourth-order valence-corrected chi connectivity index (χ4v) is 3.66. The van der Waals surface area contributed by atoms with Gasteiger partial charge in [-0.25, -0.2) is 0 Å². The number of hydrogen-bond acceptors (Lipinski definition) is 4. The van der Waals surface area contributed by atoms with Gasteiger partial charge in [0.05, 0.1) is 18.3 Å². The molecule has 2 fully saturated rings. The number of carbonyl (C=O) groups excluding carboxylic acids is 1. The van der Waals surface area contributed by atoms with Crippen molar-refractivity contribution in [2.45, 2.75) is 24.9 Å². The van der Waals surface area contributed by atoms with Gasteiger partial charge in [-0.3, -0.25) is 14.5 Å². The first-order valence-corrected chi connectivity index (χ1v) is 6.91. The predicted molar refractivity (Wildman–Crippen MR) is 67.8 cm³/mol. The number of aliphatic carboxylic acids is 1. The number of carbonyl (C=O) groups is 2. The van der Waals surface area contributed by atoms with Crippen LogP contribution in [-0.2, 0) is 9.59 Å². The molecule has 0 saturated carbocycles. The first-order chi connectivity index (χ1) is 8.66. The van der Waals surface area contributed by atoms with E-state index in [9.17, 15) is 9.59 Å². The van der Waals surface area contributed by atoms with E-state index in [1.54, 1.807) is 11.3 Å². The summed E-state index contributed by atoms with van der Waals surface area (Å²) in [4.78, 5) is 26.6. The van der Waals surface area contributed by atoms with Gasteiger partial charge >= 0.3 is 5.97 Å². The Labute approximate surface area is 109 Å². The molecule has 1 aromatic heterocycles. The van der Waals surface area contributed by atoms with E-state index in [2.05, 4.69) is 0 Å². The van der Waals surface area contributed by atoms with E-state index in [-0.39, 0.29) is 24.5 Å². The summed E-state index contributed by atoms with van der Waals surface area (Å²) in [5.74, 6) is -0.712. The molecule has 2 aliphatic rings. The topological polar surface area (TPSA) is 60.9 Å². The second-order valence-corrected chi connectivity index (χ2v) is 5.52. The number of thiophene rings is 1. The van der Waals surface area contributed by atoms with Gasteiger partial charge in [-0.05, 0) is 17.9 Å². The number of hydrogen-bond donors (Lipinski definition) is 1. The molecule has 1 amide bonds. The summed E-state index contributed by atoms with van der Waals surface area (Å²) < 4.78 is 0.